The third kappa shape index (κ3) is 3.40. The van der Waals surface area contributed by atoms with E-state index in [9.17, 15) is 4.79 Å². The Bertz CT molecular complexity index is 424. The molecule has 0 bridgehead atoms. The highest BCUT2D eigenvalue weighted by atomic mass is 16.5. The zero-order valence-electron chi connectivity index (χ0n) is 10.7. The van der Waals surface area contributed by atoms with Crippen molar-refractivity contribution >= 4 is 11.7 Å². The molecule has 1 saturated heterocycles. The van der Waals surface area contributed by atoms with Crippen LogP contribution in [0, 0.1) is 6.92 Å². The van der Waals surface area contributed by atoms with Crippen molar-refractivity contribution < 1.29 is 9.53 Å². The fourth-order valence-corrected chi connectivity index (χ4v) is 1.93. The first-order valence-corrected chi connectivity index (χ1v) is 6.06. The third-order valence-corrected chi connectivity index (χ3v) is 2.80. The number of nitrogens with one attached hydrogen (secondary N) is 1. The van der Waals surface area contributed by atoms with Crippen LogP contribution in [0.5, 0.6) is 0 Å². The van der Waals surface area contributed by atoms with Gasteiger partial charge >= 0.3 is 0 Å². The van der Waals surface area contributed by atoms with E-state index in [0.29, 0.717) is 13.2 Å². The molecule has 1 N–H and O–H groups in total. The van der Waals surface area contributed by atoms with Gasteiger partial charge in [-0.25, -0.2) is 9.97 Å². The zero-order chi connectivity index (χ0) is 13.0. The van der Waals surface area contributed by atoms with Crippen molar-refractivity contribution in [3.8, 4) is 0 Å². The Morgan fingerprint density at radius 2 is 2.50 bits per heavy atom. The maximum atomic E-state index is 10.9. The summed E-state index contributed by atoms with van der Waals surface area (Å²) in [5.74, 6) is 1.64. The highest BCUT2D eigenvalue weighted by Gasteiger charge is 2.21. The van der Waals surface area contributed by atoms with Gasteiger partial charge in [0.2, 0.25) is 5.91 Å². The third-order valence-electron chi connectivity index (χ3n) is 2.80. The van der Waals surface area contributed by atoms with Crippen LogP contribution in [-0.2, 0) is 9.53 Å². The summed E-state index contributed by atoms with van der Waals surface area (Å²) < 4.78 is 5.61. The topological polar surface area (TPSA) is 67.4 Å². The van der Waals surface area contributed by atoms with Crippen LogP contribution in [0.1, 0.15) is 12.7 Å². The number of aromatic nitrogens is 2. The van der Waals surface area contributed by atoms with Crippen LogP contribution in [0.3, 0.4) is 0 Å². The van der Waals surface area contributed by atoms with Gasteiger partial charge in [0.1, 0.15) is 11.6 Å². The number of hydrogen-bond donors (Lipinski definition) is 1. The fraction of sp³-hybridized carbons (Fsp3) is 0.583. The molecule has 1 aliphatic heterocycles. The van der Waals surface area contributed by atoms with Gasteiger partial charge in [0.15, 0.2) is 0 Å². The molecule has 1 aliphatic rings. The van der Waals surface area contributed by atoms with Crippen molar-refractivity contribution in [1.29, 1.82) is 0 Å². The average molecular weight is 250 g/mol. The van der Waals surface area contributed by atoms with E-state index in [4.69, 9.17) is 4.74 Å². The second-order valence-electron chi connectivity index (χ2n) is 4.34. The van der Waals surface area contributed by atoms with Gasteiger partial charge in [-0.1, -0.05) is 0 Å². The molecule has 1 aromatic rings. The molecule has 1 unspecified atom stereocenters. The average Bonchev–Trinajstić information content (AvgIpc) is 2.37. The SMILES string of the molecule is CC(=O)NCC1CN(c2ccnc(C)n2)CCO1. The molecule has 2 rings (SSSR count). The van der Waals surface area contributed by atoms with Gasteiger partial charge in [-0.05, 0) is 13.0 Å². The molecule has 2 heterocycles. The summed E-state index contributed by atoms with van der Waals surface area (Å²) in [5, 5.41) is 2.78. The lowest BCUT2D eigenvalue weighted by atomic mass is 10.2. The second-order valence-corrected chi connectivity index (χ2v) is 4.34. The smallest absolute Gasteiger partial charge is 0.216 e. The van der Waals surface area contributed by atoms with Crippen molar-refractivity contribution in [2.45, 2.75) is 20.0 Å². The molecule has 0 saturated carbocycles. The van der Waals surface area contributed by atoms with Gasteiger partial charge in [0, 0.05) is 32.8 Å². The Balaban J connectivity index is 1.96. The van der Waals surface area contributed by atoms with Crippen LogP contribution in [0.15, 0.2) is 12.3 Å². The summed E-state index contributed by atoms with van der Waals surface area (Å²) >= 11 is 0. The summed E-state index contributed by atoms with van der Waals surface area (Å²) in [4.78, 5) is 21.5. The van der Waals surface area contributed by atoms with Crippen molar-refractivity contribution in [3.05, 3.63) is 18.1 Å². The van der Waals surface area contributed by atoms with E-state index in [1.807, 2.05) is 13.0 Å². The Kier molecular flexibility index (Phi) is 4.09. The minimum absolute atomic E-state index is 0.0120. The van der Waals surface area contributed by atoms with Gasteiger partial charge in [-0.15, -0.1) is 0 Å². The minimum atomic E-state index is -0.0337. The van der Waals surface area contributed by atoms with Crippen molar-refractivity contribution in [2.24, 2.45) is 0 Å². The van der Waals surface area contributed by atoms with E-state index in [1.165, 1.54) is 6.92 Å². The Morgan fingerprint density at radius 1 is 1.67 bits per heavy atom. The predicted molar refractivity (Wildman–Crippen MR) is 67.4 cm³/mol. The molecular weight excluding hydrogens is 232 g/mol. The lowest BCUT2D eigenvalue weighted by Gasteiger charge is -2.33. The molecular formula is C12H18N4O2. The van der Waals surface area contributed by atoms with Crippen LogP contribution in [-0.4, -0.2) is 48.2 Å². The molecule has 0 aromatic carbocycles. The quantitative estimate of drug-likeness (QED) is 0.825. The lowest BCUT2D eigenvalue weighted by molar-refractivity contribution is -0.119. The van der Waals surface area contributed by atoms with Crippen molar-refractivity contribution in [1.82, 2.24) is 15.3 Å². The number of aryl methyl sites for hydroxylation is 1. The summed E-state index contributed by atoms with van der Waals surface area (Å²) in [6.45, 7) is 6.11. The van der Waals surface area contributed by atoms with Crippen molar-refractivity contribution in [3.63, 3.8) is 0 Å². The first-order chi connectivity index (χ1) is 8.65. The largest absolute Gasteiger partial charge is 0.373 e. The lowest BCUT2D eigenvalue weighted by Crippen LogP contribution is -2.47. The summed E-state index contributed by atoms with van der Waals surface area (Å²) in [7, 11) is 0. The number of ether oxygens (including phenoxy) is 1. The number of amides is 1. The molecule has 6 heteroatoms. The number of rotatable bonds is 3. The van der Waals surface area contributed by atoms with Gasteiger partial charge in [-0.2, -0.15) is 0 Å². The number of morpholine rings is 1. The molecule has 0 radical (unpaired) electrons. The van der Waals surface area contributed by atoms with Gasteiger partial charge in [-0.3, -0.25) is 4.79 Å². The monoisotopic (exact) mass is 250 g/mol. The van der Waals surface area contributed by atoms with Crippen LogP contribution < -0.4 is 10.2 Å². The van der Waals surface area contributed by atoms with E-state index in [-0.39, 0.29) is 12.0 Å². The minimum Gasteiger partial charge on any atom is -0.373 e. The standard InChI is InChI=1S/C12H18N4O2/c1-9-13-4-3-12(15-9)16-5-6-18-11(8-16)7-14-10(2)17/h3-4,11H,5-8H2,1-2H3,(H,14,17). The molecule has 0 spiro atoms. The normalized spacial score (nSPS) is 19.7. The number of carbonyl (C=O) groups excluding carboxylic acids is 1. The fourth-order valence-electron chi connectivity index (χ4n) is 1.93. The molecule has 1 fully saturated rings. The van der Waals surface area contributed by atoms with Crippen LogP contribution in [0.4, 0.5) is 5.82 Å². The van der Waals surface area contributed by atoms with E-state index >= 15 is 0 Å². The van der Waals surface area contributed by atoms with Gasteiger partial charge < -0.3 is 15.0 Å². The maximum Gasteiger partial charge on any atom is 0.216 e. The predicted octanol–water partition coefficient (Wildman–Crippen LogP) is 0.126. The molecule has 1 amide bonds. The summed E-state index contributed by atoms with van der Waals surface area (Å²) in [5.41, 5.74) is 0. The van der Waals surface area contributed by atoms with Crippen molar-refractivity contribution in [2.75, 3.05) is 31.1 Å². The molecule has 18 heavy (non-hydrogen) atoms. The molecule has 1 aromatic heterocycles. The molecule has 0 aliphatic carbocycles. The Labute approximate surface area is 106 Å². The number of anilines is 1. The second kappa shape index (κ2) is 5.77. The Morgan fingerprint density at radius 3 is 3.22 bits per heavy atom. The van der Waals surface area contributed by atoms with Crippen LogP contribution >= 0.6 is 0 Å². The number of hydrogen-bond acceptors (Lipinski definition) is 5. The van der Waals surface area contributed by atoms with Crippen LogP contribution in [0.2, 0.25) is 0 Å². The summed E-state index contributed by atoms with van der Waals surface area (Å²) in [6, 6.07) is 1.90. The molecule has 6 nitrogen and oxygen atoms in total. The van der Waals surface area contributed by atoms with E-state index in [0.717, 1.165) is 24.7 Å². The highest BCUT2D eigenvalue weighted by Crippen LogP contribution is 2.14. The first kappa shape index (κ1) is 12.8. The van der Waals surface area contributed by atoms with E-state index in [2.05, 4.69) is 20.2 Å². The van der Waals surface area contributed by atoms with Crippen LogP contribution in [0.25, 0.3) is 0 Å². The Hall–Kier alpha value is -1.69. The van der Waals surface area contributed by atoms with Gasteiger partial charge in [0.05, 0.1) is 12.7 Å². The maximum absolute atomic E-state index is 10.9. The van der Waals surface area contributed by atoms with E-state index in [1.54, 1.807) is 6.20 Å². The number of nitrogens with zero attached hydrogens (tertiary/aromatic N) is 3. The molecule has 1 atom stereocenters. The first-order valence-electron chi connectivity index (χ1n) is 6.06. The van der Waals surface area contributed by atoms with E-state index < -0.39 is 0 Å². The summed E-state index contributed by atoms with van der Waals surface area (Å²) in [6.07, 6.45) is 1.77. The zero-order valence-corrected chi connectivity index (χ0v) is 10.7. The highest BCUT2D eigenvalue weighted by molar-refractivity contribution is 5.72. The number of carbonyl (C=O) groups is 1. The van der Waals surface area contributed by atoms with Gasteiger partial charge in [0.25, 0.3) is 0 Å². The molecule has 98 valence electrons.